The molecule has 0 amide bonds. The molecule has 4 unspecified atom stereocenters. The predicted molar refractivity (Wildman–Crippen MR) is 106 cm³/mol. The van der Waals surface area contributed by atoms with Crippen molar-refractivity contribution in [3.63, 3.8) is 0 Å². The van der Waals surface area contributed by atoms with Crippen molar-refractivity contribution >= 4 is 11.9 Å². The highest BCUT2D eigenvalue weighted by Crippen LogP contribution is 2.68. The summed E-state index contributed by atoms with van der Waals surface area (Å²) in [5.74, 6) is 1.58. The number of allylic oxidation sites excluding steroid dienone is 5. The third kappa shape index (κ3) is 2.56. The van der Waals surface area contributed by atoms with Crippen molar-refractivity contribution in [2.75, 3.05) is 6.61 Å². The van der Waals surface area contributed by atoms with Gasteiger partial charge in [-0.15, -0.1) is 0 Å². The second-order valence-electron chi connectivity index (χ2n) is 8.90. The van der Waals surface area contributed by atoms with E-state index >= 15 is 0 Å². The molecule has 154 valence electrons. The molecule has 2 heterocycles. The Labute approximate surface area is 171 Å². The number of cyclic esters (lactones) is 2. The first-order valence-electron chi connectivity index (χ1n) is 11.0. The highest BCUT2D eigenvalue weighted by molar-refractivity contribution is 5.99. The topological polar surface area (TPSA) is 72.8 Å². The maximum Gasteiger partial charge on any atom is 0.340 e. The van der Waals surface area contributed by atoms with E-state index in [0.717, 1.165) is 61.0 Å². The standard InChI is InChI=1S/C24H28O5/c1-2-3-6-18-16-9-8-15-14-10-11-24(21(15)20(16)23(27)28-18)17(13-14)22(26)29-19(24)7-4-5-12-25/h6-7,13-15,21,25H,2-5,8-12H2,1H3. The van der Waals surface area contributed by atoms with Crippen LogP contribution >= 0.6 is 0 Å². The van der Waals surface area contributed by atoms with E-state index in [0.29, 0.717) is 30.4 Å². The van der Waals surface area contributed by atoms with Crippen LogP contribution in [0.3, 0.4) is 0 Å². The molecular weight excluding hydrogens is 368 g/mol. The molecule has 2 bridgehead atoms. The summed E-state index contributed by atoms with van der Waals surface area (Å²) in [6.07, 6.45) is 13.1. The predicted octanol–water partition coefficient (Wildman–Crippen LogP) is 4.10. The van der Waals surface area contributed by atoms with Crippen LogP contribution in [-0.4, -0.2) is 23.7 Å². The first-order valence-corrected chi connectivity index (χ1v) is 11.0. The molecule has 1 saturated carbocycles. The molecule has 6 rings (SSSR count). The fourth-order valence-corrected chi connectivity index (χ4v) is 6.34. The highest BCUT2D eigenvalue weighted by Gasteiger charge is 2.66. The molecule has 6 aliphatic rings. The second-order valence-corrected chi connectivity index (χ2v) is 8.90. The van der Waals surface area contributed by atoms with E-state index in [9.17, 15) is 14.7 Å². The average Bonchev–Trinajstić information content (AvgIpc) is 3.21. The number of rotatable bonds is 5. The SMILES string of the molecule is CCCC=C1OC(=O)C2=C1CCC1C3C=C4C(=O)OC(=CCCCO)C4(CC3)C21. The lowest BCUT2D eigenvalue weighted by Crippen LogP contribution is -2.50. The molecule has 4 aliphatic carbocycles. The van der Waals surface area contributed by atoms with Crippen LogP contribution in [0.2, 0.25) is 0 Å². The summed E-state index contributed by atoms with van der Waals surface area (Å²) in [6, 6.07) is 0. The monoisotopic (exact) mass is 396 g/mol. The number of carbonyl (C=O) groups excluding carboxylic acids is 2. The van der Waals surface area contributed by atoms with E-state index in [4.69, 9.17) is 9.47 Å². The molecule has 0 aromatic carbocycles. The quantitative estimate of drug-likeness (QED) is 0.559. The summed E-state index contributed by atoms with van der Waals surface area (Å²) >= 11 is 0. The zero-order valence-electron chi connectivity index (χ0n) is 16.9. The van der Waals surface area contributed by atoms with Crippen LogP contribution in [-0.2, 0) is 19.1 Å². The highest BCUT2D eigenvalue weighted by atomic mass is 16.5. The van der Waals surface area contributed by atoms with Gasteiger partial charge < -0.3 is 14.6 Å². The summed E-state index contributed by atoms with van der Waals surface area (Å²) in [6.45, 7) is 2.22. The molecule has 5 nitrogen and oxygen atoms in total. The van der Waals surface area contributed by atoms with Crippen molar-refractivity contribution in [1.29, 1.82) is 0 Å². The third-order valence-electron chi connectivity index (χ3n) is 7.50. The number of hydrogen-bond donors (Lipinski definition) is 1. The van der Waals surface area contributed by atoms with Crippen molar-refractivity contribution in [2.24, 2.45) is 23.2 Å². The first kappa shape index (κ1) is 18.9. The number of ether oxygens (including phenoxy) is 2. The molecule has 5 heteroatoms. The molecule has 2 aliphatic heterocycles. The Bertz CT molecular complexity index is 889. The largest absolute Gasteiger partial charge is 0.427 e. The molecule has 29 heavy (non-hydrogen) atoms. The summed E-state index contributed by atoms with van der Waals surface area (Å²) in [5, 5.41) is 9.18. The van der Waals surface area contributed by atoms with Crippen LogP contribution in [0.1, 0.15) is 58.3 Å². The van der Waals surface area contributed by atoms with Gasteiger partial charge in [0.25, 0.3) is 0 Å². The van der Waals surface area contributed by atoms with E-state index in [1.54, 1.807) is 0 Å². The van der Waals surface area contributed by atoms with Crippen molar-refractivity contribution in [2.45, 2.75) is 58.3 Å². The van der Waals surface area contributed by atoms with Gasteiger partial charge in [-0.2, -0.15) is 0 Å². The first-order chi connectivity index (χ1) is 14.1. The van der Waals surface area contributed by atoms with Crippen LogP contribution in [0.25, 0.3) is 0 Å². The molecule has 1 saturated heterocycles. The number of aliphatic hydroxyl groups excluding tert-OH is 1. The molecule has 0 radical (unpaired) electrons. The van der Waals surface area contributed by atoms with Crippen LogP contribution in [0, 0.1) is 23.2 Å². The molecular formula is C24H28O5. The van der Waals surface area contributed by atoms with Crippen molar-refractivity contribution < 1.29 is 24.2 Å². The van der Waals surface area contributed by atoms with Gasteiger partial charge in [-0.3, -0.25) is 0 Å². The van der Waals surface area contributed by atoms with Gasteiger partial charge in [0.2, 0.25) is 0 Å². The van der Waals surface area contributed by atoms with E-state index in [1.165, 1.54) is 0 Å². The number of esters is 2. The smallest absolute Gasteiger partial charge is 0.340 e. The number of unbranched alkanes of at least 4 members (excludes halogenated alkanes) is 2. The zero-order valence-corrected chi connectivity index (χ0v) is 16.9. The van der Waals surface area contributed by atoms with Gasteiger partial charge in [0.1, 0.15) is 11.5 Å². The van der Waals surface area contributed by atoms with Crippen molar-refractivity contribution in [3.05, 3.63) is 46.5 Å². The summed E-state index contributed by atoms with van der Waals surface area (Å²) < 4.78 is 11.5. The molecule has 1 spiro atoms. The lowest BCUT2D eigenvalue weighted by Gasteiger charge is -2.54. The molecule has 0 aromatic heterocycles. The summed E-state index contributed by atoms with van der Waals surface area (Å²) in [5.41, 5.74) is 2.06. The van der Waals surface area contributed by atoms with Gasteiger partial charge in [0.05, 0.1) is 5.41 Å². The van der Waals surface area contributed by atoms with Gasteiger partial charge in [-0.05, 0) is 68.9 Å². The van der Waals surface area contributed by atoms with Gasteiger partial charge in [-0.1, -0.05) is 19.4 Å². The van der Waals surface area contributed by atoms with Crippen LogP contribution in [0.15, 0.2) is 46.5 Å². The fraction of sp³-hybridized carbons (Fsp3) is 0.583. The molecule has 0 aromatic rings. The minimum absolute atomic E-state index is 0.0446. The van der Waals surface area contributed by atoms with E-state index < -0.39 is 5.41 Å². The second kappa shape index (κ2) is 6.98. The van der Waals surface area contributed by atoms with Gasteiger partial charge in [0, 0.05) is 29.2 Å². The van der Waals surface area contributed by atoms with Gasteiger partial charge in [-0.25, -0.2) is 9.59 Å². The number of fused-ring (bicyclic) bond motifs is 1. The van der Waals surface area contributed by atoms with Crippen LogP contribution in [0.5, 0.6) is 0 Å². The number of carbonyl (C=O) groups is 2. The van der Waals surface area contributed by atoms with Gasteiger partial charge in [0.15, 0.2) is 0 Å². The van der Waals surface area contributed by atoms with E-state index in [-0.39, 0.29) is 24.5 Å². The minimum Gasteiger partial charge on any atom is -0.427 e. The lowest BCUT2D eigenvalue weighted by molar-refractivity contribution is -0.135. The number of hydrogen-bond acceptors (Lipinski definition) is 5. The van der Waals surface area contributed by atoms with Crippen molar-refractivity contribution in [1.82, 2.24) is 0 Å². The third-order valence-corrected chi connectivity index (χ3v) is 7.50. The molecule has 2 fully saturated rings. The Morgan fingerprint density at radius 3 is 2.83 bits per heavy atom. The minimum atomic E-state index is -0.536. The lowest BCUT2D eigenvalue weighted by atomic mass is 9.47. The molecule has 4 atom stereocenters. The van der Waals surface area contributed by atoms with E-state index in [1.807, 2.05) is 12.2 Å². The normalized spacial score (nSPS) is 37.4. The summed E-state index contributed by atoms with van der Waals surface area (Å²) in [4.78, 5) is 25.8. The number of aliphatic hydroxyl groups is 1. The maximum atomic E-state index is 13.0. The Kier molecular flexibility index (Phi) is 4.54. The van der Waals surface area contributed by atoms with Gasteiger partial charge >= 0.3 is 11.9 Å². The zero-order chi connectivity index (χ0) is 20.2. The Morgan fingerprint density at radius 2 is 2.03 bits per heavy atom. The maximum absolute atomic E-state index is 13.0. The van der Waals surface area contributed by atoms with Crippen LogP contribution in [0.4, 0.5) is 0 Å². The molecule has 1 N–H and O–H groups in total. The summed E-state index contributed by atoms with van der Waals surface area (Å²) in [7, 11) is 0. The Hall–Kier alpha value is -2.14. The van der Waals surface area contributed by atoms with E-state index in [2.05, 4.69) is 13.0 Å². The fourth-order valence-electron chi connectivity index (χ4n) is 6.34. The van der Waals surface area contributed by atoms with Crippen molar-refractivity contribution in [3.8, 4) is 0 Å². The Morgan fingerprint density at radius 1 is 1.17 bits per heavy atom. The average molecular weight is 396 g/mol. The Balaban J connectivity index is 1.64. The van der Waals surface area contributed by atoms with Crippen LogP contribution < -0.4 is 0 Å².